The summed E-state index contributed by atoms with van der Waals surface area (Å²) in [6.07, 6.45) is 4.29. The molecule has 1 aromatic carbocycles. The first-order valence-electron chi connectivity index (χ1n) is 7.28. The zero-order valence-electron chi connectivity index (χ0n) is 12.0. The first-order chi connectivity index (χ1) is 9.33. The molecule has 3 nitrogen and oxygen atoms in total. The third-order valence-electron chi connectivity index (χ3n) is 3.61. The highest BCUT2D eigenvalue weighted by Gasteiger charge is 2.31. The van der Waals surface area contributed by atoms with Crippen molar-refractivity contribution in [1.82, 2.24) is 5.32 Å². The van der Waals surface area contributed by atoms with Crippen molar-refractivity contribution in [3.63, 3.8) is 0 Å². The Labute approximate surface area is 127 Å². The molecule has 2 unspecified atom stereocenters. The van der Waals surface area contributed by atoms with Gasteiger partial charge in [0.25, 0.3) is 0 Å². The summed E-state index contributed by atoms with van der Waals surface area (Å²) < 4.78 is 5.38. The first kappa shape index (κ1) is 17.0. The number of benzene rings is 1. The molecule has 1 N–H and O–H groups in total. The summed E-state index contributed by atoms with van der Waals surface area (Å²) in [5.74, 6) is -0.263. The van der Waals surface area contributed by atoms with Gasteiger partial charge in [0.2, 0.25) is 0 Å². The largest absolute Gasteiger partial charge is 0.465 e. The number of esters is 1. The topological polar surface area (TPSA) is 38.3 Å². The van der Waals surface area contributed by atoms with Gasteiger partial charge in [0, 0.05) is 6.04 Å². The third-order valence-corrected chi connectivity index (χ3v) is 3.61. The molecule has 2 atom stereocenters. The van der Waals surface area contributed by atoms with E-state index in [-0.39, 0.29) is 30.3 Å². The van der Waals surface area contributed by atoms with Crippen LogP contribution in [0.25, 0.3) is 0 Å². The quantitative estimate of drug-likeness (QED) is 0.848. The molecule has 112 valence electrons. The Bertz CT molecular complexity index is 391. The van der Waals surface area contributed by atoms with Crippen LogP contribution in [0.1, 0.15) is 44.1 Å². The monoisotopic (exact) mass is 297 g/mol. The highest BCUT2D eigenvalue weighted by atomic mass is 35.5. The number of hydrogen-bond acceptors (Lipinski definition) is 3. The van der Waals surface area contributed by atoms with Gasteiger partial charge in [-0.25, -0.2) is 0 Å². The van der Waals surface area contributed by atoms with Crippen molar-refractivity contribution in [3.05, 3.63) is 35.9 Å². The van der Waals surface area contributed by atoms with Crippen molar-refractivity contribution in [3.8, 4) is 0 Å². The third kappa shape index (κ3) is 4.50. The van der Waals surface area contributed by atoms with E-state index >= 15 is 0 Å². The fourth-order valence-corrected chi connectivity index (χ4v) is 2.65. The lowest BCUT2D eigenvalue weighted by atomic mass is 9.86. The minimum absolute atomic E-state index is 0. The average molecular weight is 298 g/mol. The SMILES string of the molecule is CCCOC(=O)C(c1ccccc1)C1CCCCN1.Cl. The van der Waals surface area contributed by atoms with Crippen molar-refractivity contribution in [1.29, 1.82) is 0 Å². The normalized spacial score (nSPS) is 19.8. The second-order valence-electron chi connectivity index (χ2n) is 5.11. The molecular formula is C16H24ClNO2. The van der Waals surface area contributed by atoms with Crippen LogP contribution in [-0.4, -0.2) is 25.2 Å². The van der Waals surface area contributed by atoms with Crippen LogP contribution < -0.4 is 5.32 Å². The van der Waals surface area contributed by atoms with Gasteiger partial charge in [-0.3, -0.25) is 4.79 Å². The molecule has 1 aliphatic rings. The van der Waals surface area contributed by atoms with Gasteiger partial charge in [-0.15, -0.1) is 12.4 Å². The lowest BCUT2D eigenvalue weighted by Crippen LogP contribution is -2.42. The zero-order valence-corrected chi connectivity index (χ0v) is 12.8. The van der Waals surface area contributed by atoms with E-state index in [4.69, 9.17) is 4.74 Å². The lowest BCUT2D eigenvalue weighted by molar-refractivity contribution is -0.146. The Morgan fingerprint density at radius 2 is 2.10 bits per heavy atom. The van der Waals surface area contributed by atoms with Crippen LogP contribution in [0.3, 0.4) is 0 Å². The molecule has 0 radical (unpaired) electrons. The standard InChI is InChI=1S/C16H23NO2.ClH/c1-2-12-19-16(18)15(13-8-4-3-5-9-13)14-10-6-7-11-17-14;/h3-5,8-9,14-15,17H,2,6-7,10-12H2,1H3;1H. The van der Waals surface area contributed by atoms with Gasteiger partial charge in [-0.2, -0.15) is 0 Å². The number of ether oxygens (including phenoxy) is 1. The molecular weight excluding hydrogens is 274 g/mol. The van der Waals surface area contributed by atoms with Gasteiger partial charge in [-0.05, 0) is 31.4 Å². The van der Waals surface area contributed by atoms with Crippen LogP contribution in [0.4, 0.5) is 0 Å². The number of halogens is 1. The van der Waals surface area contributed by atoms with Crippen molar-refractivity contribution in [2.75, 3.05) is 13.2 Å². The van der Waals surface area contributed by atoms with E-state index in [9.17, 15) is 4.79 Å². The number of carbonyl (C=O) groups is 1. The Hall–Kier alpha value is -1.06. The molecule has 0 aliphatic carbocycles. The van der Waals surface area contributed by atoms with Crippen molar-refractivity contribution in [2.45, 2.75) is 44.6 Å². The predicted octanol–water partition coefficient (Wildman–Crippen LogP) is 3.29. The smallest absolute Gasteiger partial charge is 0.315 e. The second kappa shape index (κ2) is 8.98. The number of piperidine rings is 1. The minimum Gasteiger partial charge on any atom is -0.465 e. The Balaban J connectivity index is 0.00000200. The molecule has 20 heavy (non-hydrogen) atoms. The lowest BCUT2D eigenvalue weighted by Gasteiger charge is -2.30. The van der Waals surface area contributed by atoms with Gasteiger partial charge in [-0.1, -0.05) is 43.7 Å². The molecule has 1 aromatic rings. The Morgan fingerprint density at radius 3 is 2.70 bits per heavy atom. The first-order valence-corrected chi connectivity index (χ1v) is 7.28. The molecule has 0 saturated carbocycles. The Kier molecular flexibility index (Phi) is 7.63. The molecule has 0 spiro atoms. The maximum absolute atomic E-state index is 12.3. The molecule has 0 amide bonds. The van der Waals surface area contributed by atoms with E-state index in [0.29, 0.717) is 6.61 Å². The summed E-state index contributed by atoms with van der Waals surface area (Å²) in [4.78, 5) is 12.3. The van der Waals surface area contributed by atoms with Crippen LogP contribution >= 0.6 is 12.4 Å². The second-order valence-corrected chi connectivity index (χ2v) is 5.11. The average Bonchev–Trinajstić information content (AvgIpc) is 2.47. The number of hydrogen-bond donors (Lipinski definition) is 1. The zero-order chi connectivity index (χ0) is 13.5. The molecule has 1 heterocycles. The summed E-state index contributed by atoms with van der Waals surface area (Å²) in [5.41, 5.74) is 1.06. The van der Waals surface area contributed by atoms with E-state index < -0.39 is 0 Å². The predicted molar refractivity (Wildman–Crippen MR) is 83.3 cm³/mol. The molecule has 4 heteroatoms. The summed E-state index contributed by atoms with van der Waals surface area (Å²) in [5, 5.41) is 3.47. The minimum atomic E-state index is -0.173. The van der Waals surface area contributed by atoms with Crippen LogP contribution in [0, 0.1) is 0 Å². The van der Waals surface area contributed by atoms with Gasteiger partial charge in [0.05, 0.1) is 12.5 Å². The maximum atomic E-state index is 12.3. The summed E-state index contributed by atoms with van der Waals surface area (Å²) >= 11 is 0. The van der Waals surface area contributed by atoms with Crippen LogP contribution in [-0.2, 0) is 9.53 Å². The fourth-order valence-electron chi connectivity index (χ4n) is 2.65. The molecule has 1 aliphatic heterocycles. The molecule has 2 rings (SSSR count). The van der Waals surface area contributed by atoms with Crippen molar-refractivity contribution < 1.29 is 9.53 Å². The van der Waals surface area contributed by atoms with E-state index in [1.807, 2.05) is 37.3 Å². The van der Waals surface area contributed by atoms with Crippen LogP contribution in [0.15, 0.2) is 30.3 Å². The van der Waals surface area contributed by atoms with Gasteiger partial charge in [0.1, 0.15) is 0 Å². The van der Waals surface area contributed by atoms with Gasteiger partial charge in [0.15, 0.2) is 0 Å². The number of carbonyl (C=O) groups excluding carboxylic acids is 1. The maximum Gasteiger partial charge on any atom is 0.315 e. The van der Waals surface area contributed by atoms with Crippen LogP contribution in [0.2, 0.25) is 0 Å². The molecule has 0 bridgehead atoms. The summed E-state index contributed by atoms with van der Waals surface area (Å²) in [6.45, 7) is 3.52. The fraction of sp³-hybridized carbons (Fsp3) is 0.562. The van der Waals surface area contributed by atoms with Crippen molar-refractivity contribution in [2.24, 2.45) is 0 Å². The molecule has 0 aromatic heterocycles. The highest BCUT2D eigenvalue weighted by Crippen LogP contribution is 2.26. The molecule has 1 saturated heterocycles. The van der Waals surface area contributed by atoms with E-state index in [0.717, 1.165) is 24.9 Å². The van der Waals surface area contributed by atoms with Crippen LogP contribution in [0.5, 0.6) is 0 Å². The summed E-state index contributed by atoms with van der Waals surface area (Å²) in [7, 11) is 0. The van der Waals surface area contributed by atoms with Crippen molar-refractivity contribution >= 4 is 18.4 Å². The van der Waals surface area contributed by atoms with Gasteiger partial charge >= 0.3 is 5.97 Å². The highest BCUT2D eigenvalue weighted by molar-refractivity contribution is 5.85. The number of nitrogens with one attached hydrogen (secondary N) is 1. The van der Waals surface area contributed by atoms with E-state index in [1.165, 1.54) is 12.8 Å². The number of rotatable bonds is 5. The van der Waals surface area contributed by atoms with E-state index in [2.05, 4.69) is 5.32 Å². The molecule has 1 fully saturated rings. The summed E-state index contributed by atoms with van der Waals surface area (Å²) in [6, 6.07) is 10.2. The van der Waals surface area contributed by atoms with E-state index in [1.54, 1.807) is 0 Å². The van der Waals surface area contributed by atoms with Gasteiger partial charge < -0.3 is 10.1 Å². The Morgan fingerprint density at radius 1 is 1.35 bits per heavy atom.